The molecule has 0 fully saturated rings. The second-order valence-corrected chi connectivity index (χ2v) is 5.02. The lowest BCUT2D eigenvalue weighted by Crippen LogP contribution is -2.31. The van der Waals surface area contributed by atoms with E-state index in [2.05, 4.69) is 10.5 Å². The highest BCUT2D eigenvalue weighted by molar-refractivity contribution is 5.88. The van der Waals surface area contributed by atoms with Gasteiger partial charge >= 0.3 is 5.97 Å². The van der Waals surface area contributed by atoms with Gasteiger partial charge in [0.25, 0.3) is 5.91 Å². The van der Waals surface area contributed by atoms with Crippen LogP contribution in [0.3, 0.4) is 0 Å². The molecular formula is C16H18N2O4. The molecule has 1 aromatic carbocycles. The molecule has 1 atom stereocenters. The van der Waals surface area contributed by atoms with Crippen molar-refractivity contribution >= 4 is 11.9 Å². The number of hydrogen-bond acceptors (Lipinski definition) is 5. The Morgan fingerprint density at radius 2 is 2.05 bits per heavy atom. The fraction of sp³-hybridized carbons (Fsp3) is 0.312. The van der Waals surface area contributed by atoms with E-state index in [0.29, 0.717) is 12.2 Å². The van der Waals surface area contributed by atoms with Gasteiger partial charge in [-0.05, 0) is 18.4 Å². The van der Waals surface area contributed by atoms with Gasteiger partial charge in [-0.25, -0.2) is 4.79 Å². The van der Waals surface area contributed by atoms with Crippen LogP contribution in [-0.4, -0.2) is 30.2 Å². The normalized spacial score (nSPS) is 11.7. The molecule has 116 valence electrons. The van der Waals surface area contributed by atoms with Gasteiger partial charge in [-0.1, -0.05) is 42.4 Å². The number of amides is 1. The Bertz CT molecular complexity index is 637. The Hall–Kier alpha value is -2.63. The Morgan fingerprint density at radius 3 is 2.68 bits per heavy atom. The smallest absolute Gasteiger partial charge is 0.377 e. The van der Waals surface area contributed by atoms with E-state index in [1.54, 1.807) is 6.92 Å². The molecule has 2 rings (SSSR count). The zero-order valence-electron chi connectivity index (χ0n) is 12.5. The van der Waals surface area contributed by atoms with Gasteiger partial charge in [0.05, 0.1) is 5.69 Å². The number of ether oxygens (including phenoxy) is 1. The molecule has 22 heavy (non-hydrogen) atoms. The maximum atomic E-state index is 11.7. The molecule has 0 radical (unpaired) electrons. The number of carbonyl (C=O) groups is 2. The van der Waals surface area contributed by atoms with Crippen LogP contribution in [0.5, 0.6) is 0 Å². The number of esters is 1. The first-order valence-corrected chi connectivity index (χ1v) is 6.98. The fourth-order valence-corrected chi connectivity index (χ4v) is 1.88. The Labute approximate surface area is 128 Å². The summed E-state index contributed by atoms with van der Waals surface area (Å²) in [6.07, 6.45) is 0. The predicted molar refractivity (Wildman–Crippen MR) is 79.4 cm³/mol. The van der Waals surface area contributed by atoms with Crippen molar-refractivity contribution in [2.45, 2.75) is 19.8 Å². The topological polar surface area (TPSA) is 81.4 Å². The molecular weight excluding hydrogens is 284 g/mol. The van der Waals surface area contributed by atoms with Crippen LogP contribution in [0, 0.1) is 6.92 Å². The van der Waals surface area contributed by atoms with Crippen molar-refractivity contribution < 1.29 is 18.8 Å². The van der Waals surface area contributed by atoms with Crippen molar-refractivity contribution in [3.05, 3.63) is 53.4 Å². The van der Waals surface area contributed by atoms with Crippen molar-refractivity contribution in [3.8, 4) is 0 Å². The highest BCUT2D eigenvalue weighted by Gasteiger charge is 2.15. The zero-order valence-corrected chi connectivity index (χ0v) is 12.5. The number of benzene rings is 1. The average Bonchev–Trinajstić information content (AvgIpc) is 2.97. The first-order chi connectivity index (χ1) is 10.6. The summed E-state index contributed by atoms with van der Waals surface area (Å²) in [7, 11) is 0. The molecule has 6 heteroatoms. The highest BCUT2D eigenvalue weighted by Crippen LogP contribution is 2.12. The monoisotopic (exact) mass is 302 g/mol. The fourth-order valence-electron chi connectivity index (χ4n) is 1.88. The molecule has 1 amide bonds. The summed E-state index contributed by atoms with van der Waals surface area (Å²) in [5.74, 6) is -0.889. The van der Waals surface area contributed by atoms with Gasteiger partial charge in [0.1, 0.15) is 0 Å². The molecule has 0 saturated carbocycles. The molecule has 1 heterocycles. The maximum Gasteiger partial charge on any atom is 0.377 e. The van der Waals surface area contributed by atoms with E-state index < -0.39 is 5.97 Å². The quantitative estimate of drug-likeness (QED) is 0.826. The van der Waals surface area contributed by atoms with Crippen molar-refractivity contribution in [1.82, 2.24) is 10.5 Å². The molecule has 0 saturated heterocycles. The van der Waals surface area contributed by atoms with Crippen molar-refractivity contribution in [2.24, 2.45) is 0 Å². The van der Waals surface area contributed by atoms with Crippen LogP contribution in [-0.2, 0) is 9.53 Å². The number of nitrogens with zero attached hydrogens (tertiary/aromatic N) is 1. The first-order valence-electron chi connectivity index (χ1n) is 6.98. The number of nitrogens with one attached hydrogen (secondary N) is 1. The molecule has 0 aliphatic rings. The van der Waals surface area contributed by atoms with Gasteiger partial charge in [0, 0.05) is 12.6 Å². The van der Waals surface area contributed by atoms with Gasteiger partial charge in [-0.3, -0.25) is 4.79 Å². The van der Waals surface area contributed by atoms with E-state index in [1.807, 2.05) is 37.3 Å². The number of carbonyl (C=O) groups excluding carboxylic acids is 2. The highest BCUT2D eigenvalue weighted by atomic mass is 16.6. The summed E-state index contributed by atoms with van der Waals surface area (Å²) in [4.78, 5) is 23.3. The minimum Gasteiger partial charge on any atom is -0.450 e. The second-order valence-electron chi connectivity index (χ2n) is 5.02. The minimum atomic E-state index is -0.702. The van der Waals surface area contributed by atoms with Crippen molar-refractivity contribution in [2.75, 3.05) is 13.2 Å². The molecule has 0 unspecified atom stereocenters. The standard InChI is InChI=1S/C16H18N2O4/c1-11(13-6-4-3-5-7-13)9-17-15(19)10-21-16(20)14-8-12(2)18-22-14/h3-8,11H,9-10H2,1-2H3,(H,17,19)/t11-/m1/s1. The number of aryl methyl sites for hydroxylation is 1. The van der Waals surface area contributed by atoms with Gasteiger partial charge in [0.2, 0.25) is 5.76 Å². The third kappa shape index (κ3) is 4.44. The van der Waals surface area contributed by atoms with E-state index in [9.17, 15) is 9.59 Å². The third-order valence-corrected chi connectivity index (χ3v) is 3.14. The Balaban J connectivity index is 1.73. The van der Waals surface area contributed by atoms with E-state index in [4.69, 9.17) is 9.26 Å². The van der Waals surface area contributed by atoms with Gasteiger partial charge in [-0.2, -0.15) is 0 Å². The molecule has 6 nitrogen and oxygen atoms in total. The molecule has 0 spiro atoms. The molecule has 1 N–H and O–H groups in total. The number of aromatic nitrogens is 1. The van der Waals surface area contributed by atoms with Crippen molar-refractivity contribution in [1.29, 1.82) is 0 Å². The van der Waals surface area contributed by atoms with Crippen LogP contribution in [0.1, 0.15) is 34.7 Å². The van der Waals surface area contributed by atoms with Crippen molar-refractivity contribution in [3.63, 3.8) is 0 Å². The molecule has 0 aliphatic heterocycles. The maximum absolute atomic E-state index is 11.7. The Kier molecular flexibility index (Phi) is 5.30. The van der Waals surface area contributed by atoms with E-state index in [-0.39, 0.29) is 24.2 Å². The van der Waals surface area contributed by atoms with Crippen LogP contribution in [0.25, 0.3) is 0 Å². The summed E-state index contributed by atoms with van der Waals surface area (Å²) in [5, 5.41) is 6.31. The predicted octanol–water partition coefficient (Wildman–Crippen LogP) is 2.06. The van der Waals surface area contributed by atoms with E-state index in [0.717, 1.165) is 5.56 Å². The summed E-state index contributed by atoms with van der Waals surface area (Å²) in [5.41, 5.74) is 1.71. The minimum absolute atomic E-state index is 0.0112. The van der Waals surface area contributed by atoms with Crippen LogP contribution in [0.4, 0.5) is 0 Å². The summed E-state index contributed by atoms with van der Waals surface area (Å²) < 4.78 is 9.61. The molecule has 0 aliphatic carbocycles. The van der Waals surface area contributed by atoms with E-state index in [1.165, 1.54) is 6.07 Å². The first kappa shape index (κ1) is 15.8. The van der Waals surface area contributed by atoms with Crippen LogP contribution in [0.2, 0.25) is 0 Å². The lowest BCUT2D eigenvalue weighted by atomic mass is 10.0. The van der Waals surface area contributed by atoms with Crippen LogP contribution >= 0.6 is 0 Å². The number of hydrogen-bond donors (Lipinski definition) is 1. The lowest BCUT2D eigenvalue weighted by molar-refractivity contribution is -0.124. The SMILES string of the molecule is Cc1cc(C(=O)OCC(=O)NC[C@@H](C)c2ccccc2)on1. The average molecular weight is 302 g/mol. The lowest BCUT2D eigenvalue weighted by Gasteiger charge is -2.12. The number of rotatable bonds is 6. The van der Waals surface area contributed by atoms with Crippen LogP contribution < -0.4 is 5.32 Å². The molecule has 0 bridgehead atoms. The summed E-state index contributed by atoms with van der Waals surface area (Å²) >= 11 is 0. The largest absolute Gasteiger partial charge is 0.450 e. The van der Waals surface area contributed by atoms with Gasteiger partial charge in [-0.15, -0.1) is 0 Å². The van der Waals surface area contributed by atoms with Gasteiger partial charge in [0.15, 0.2) is 6.61 Å². The molecule has 1 aromatic heterocycles. The van der Waals surface area contributed by atoms with Gasteiger partial charge < -0.3 is 14.6 Å². The summed E-state index contributed by atoms with van der Waals surface area (Å²) in [6, 6.07) is 11.3. The van der Waals surface area contributed by atoms with Crippen LogP contribution in [0.15, 0.2) is 40.9 Å². The zero-order chi connectivity index (χ0) is 15.9. The van der Waals surface area contributed by atoms with E-state index >= 15 is 0 Å². The summed E-state index contributed by atoms with van der Waals surface area (Å²) in [6.45, 7) is 3.83. The Morgan fingerprint density at radius 1 is 1.32 bits per heavy atom. The second kappa shape index (κ2) is 7.40. The third-order valence-electron chi connectivity index (χ3n) is 3.14. The molecule has 2 aromatic rings.